The Kier molecular flexibility index (Phi) is 5.20. The summed E-state index contributed by atoms with van der Waals surface area (Å²) in [7, 11) is 0. The number of nitrogens with one attached hydrogen (secondary N) is 1. The van der Waals surface area contributed by atoms with Crippen LogP contribution in [0.5, 0.6) is 0 Å². The largest absolute Gasteiger partial charge is 0.391 e. The zero-order chi connectivity index (χ0) is 20.0. The number of thiazole rings is 1. The first-order valence-electron chi connectivity index (χ1n) is 11.0. The lowest BCUT2D eigenvalue weighted by Gasteiger charge is -2.36. The molecule has 6 nitrogen and oxygen atoms in total. The summed E-state index contributed by atoms with van der Waals surface area (Å²) >= 11 is 1.57. The van der Waals surface area contributed by atoms with Crippen LogP contribution in [0.15, 0.2) is 12.2 Å². The third-order valence-electron chi connectivity index (χ3n) is 7.16. The second kappa shape index (κ2) is 7.84. The molecule has 2 fully saturated rings. The number of rotatable bonds is 3. The van der Waals surface area contributed by atoms with Gasteiger partial charge in [0.05, 0.1) is 17.8 Å². The number of nitrogens with zero attached hydrogens (tertiary/aromatic N) is 2. The monoisotopic (exact) mass is 415 g/mol. The van der Waals surface area contributed by atoms with Crippen LogP contribution in [0.2, 0.25) is 0 Å². The summed E-state index contributed by atoms with van der Waals surface area (Å²) in [5.74, 6) is 0.758. The summed E-state index contributed by atoms with van der Waals surface area (Å²) in [5, 5.41) is 14.3. The van der Waals surface area contributed by atoms with Crippen LogP contribution in [0.1, 0.15) is 58.9 Å². The van der Waals surface area contributed by atoms with E-state index in [0.29, 0.717) is 36.4 Å². The van der Waals surface area contributed by atoms with Crippen molar-refractivity contribution in [3.8, 4) is 0 Å². The molecule has 1 saturated carbocycles. The second-order valence-corrected chi connectivity index (χ2v) is 10.2. The highest BCUT2D eigenvalue weighted by molar-refractivity contribution is 7.13. The first kappa shape index (κ1) is 19.2. The minimum atomic E-state index is -0.531. The summed E-state index contributed by atoms with van der Waals surface area (Å²) < 4.78 is 0. The highest BCUT2D eigenvalue weighted by Crippen LogP contribution is 2.38. The predicted molar refractivity (Wildman–Crippen MR) is 111 cm³/mol. The maximum atomic E-state index is 13.1. The molecule has 156 valence electrons. The Labute approximate surface area is 175 Å². The van der Waals surface area contributed by atoms with Crippen molar-refractivity contribution in [2.24, 2.45) is 17.8 Å². The number of aromatic nitrogens is 1. The van der Waals surface area contributed by atoms with Crippen molar-refractivity contribution in [1.82, 2.24) is 15.2 Å². The Bertz CT molecular complexity index is 804. The van der Waals surface area contributed by atoms with Gasteiger partial charge in [-0.3, -0.25) is 9.59 Å². The van der Waals surface area contributed by atoms with Gasteiger partial charge in [-0.25, -0.2) is 4.98 Å². The molecule has 2 N–H and O–H groups in total. The molecule has 4 atom stereocenters. The van der Waals surface area contributed by atoms with Gasteiger partial charge in [-0.15, -0.1) is 11.3 Å². The standard InChI is InChI=1S/C22H29N3O3S/c26-18-10-15-12-25(22(28)21-24-16-7-3-4-8-19(16)29-21)11-14(15)9-17(18)23-20(27)13-5-1-2-6-13/h1-2,13-15,17-18,26H,3-12H2,(H,23,27)/t14-,15+,17-,18-/m0/s1. The average Bonchev–Trinajstić information content (AvgIpc) is 3.46. The van der Waals surface area contributed by atoms with Crippen molar-refractivity contribution in [1.29, 1.82) is 0 Å². The molecule has 0 unspecified atom stereocenters. The molecule has 3 aliphatic carbocycles. The number of aliphatic hydroxyl groups excluding tert-OH is 1. The molecule has 0 spiro atoms. The Morgan fingerprint density at radius 2 is 1.83 bits per heavy atom. The Hall–Kier alpha value is -1.73. The number of allylic oxidation sites excluding steroid dienone is 2. The van der Waals surface area contributed by atoms with Crippen LogP contribution in [0.4, 0.5) is 0 Å². The molecule has 0 bridgehead atoms. The molecule has 1 aromatic rings. The zero-order valence-corrected chi connectivity index (χ0v) is 17.5. The molecule has 4 aliphatic rings. The quantitative estimate of drug-likeness (QED) is 0.743. The third kappa shape index (κ3) is 3.75. The van der Waals surface area contributed by atoms with Gasteiger partial charge in [-0.05, 0) is 63.2 Å². The molecule has 2 heterocycles. The maximum Gasteiger partial charge on any atom is 0.282 e. The zero-order valence-electron chi connectivity index (χ0n) is 16.7. The van der Waals surface area contributed by atoms with E-state index < -0.39 is 6.10 Å². The van der Waals surface area contributed by atoms with Crippen LogP contribution in [-0.2, 0) is 17.6 Å². The Morgan fingerprint density at radius 1 is 1.10 bits per heavy atom. The lowest BCUT2D eigenvalue weighted by molar-refractivity contribution is -0.127. The minimum absolute atomic E-state index is 0.0116. The van der Waals surface area contributed by atoms with E-state index in [0.717, 1.165) is 37.8 Å². The van der Waals surface area contributed by atoms with Crippen molar-refractivity contribution in [2.75, 3.05) is 13.1 Å². The number of aryl methyl sites for hydroxylation is 2. The lowest BCUT2D eigenvalue weighted by Crippen LogP contribution is -2.50. The van der Waals surface area contributed by atoms with Crippen LogP contribution in [0, 0.1) is 17.8 Å². The molecular weight excluding hydrogens is 386 g/mol. The van der Waals surface area contributed by atoms with E-state index in [-0.39, 0.29) is 23.8 Å². The SMILES string of the molecule is O=C(N[C@H]1C[C@H]2CN(C(=O)c3nc4c(s3)CCCC4)C[C@H]2C[C@@H]1O)C1CC=CC1. The minimum Gasteiger partial charge on any atom is -0.391 e. The van der Waals surface area contributed by atoms with E-state index in [1.165, 1.54) is 17.7 Å². The van der Waals surface area contributed by atoms with Crippen LogP contribution in [0.3, 0.4) is 0 Å². The number of hydrogen-bond donors (Lipinski definition) is 2. The van der Waals surface area contributed by atoms with Crippen molar-refractivity contribution >= 4 is 23.2 Å². The van der Waals surface area contributed by atoms with Crippen LogP contribution < -0.4 is 5.32 Å². The fourth-order valence-electron chi connectivity index (χ4n) is 5.46. The molecule has 0 aromatic carbocycles. The van der Waals surface area contributed by atoms with Gasteiger partial charge in [0, 0.05) is 23.9 Å². The highest BCUT2D eigenvalue weighted by atomic mass is 32.1. The van der Waals surface area contributed by atoms with Crippen molar-refractivity contribution in [2.45, 2.75) is 63.5 Å². The number of aliphatic hydroxyl groups is 1. The summed E-state index contributed by atoms with van der Waals surface area (Å²) in [6.07, 6.45) is 11.0. The van der Waals surface area contributed by atoms with E-state index in [1.807, 2.05) is 4.90 Å². The van der Waals surface area contributed by atoms with Gasteiger partial charge in [0.1, 0.15) is 0 Å². The van der Waals surface area contributed by atoms with Gasteiger partial charge in [-0.1, -0.05) is 12.2 Å². The Balaban J connectivity index is 1.22. The highest BCUT2D eigenvalue weighted by Gasteiger charge is 2.44. The fraction of sp³-hybridized carbons (Fsp3) is 0.682. The summed E-state index contributed by atoms with van der Waals surface area (Å²) in [6.45, 7) is 1.40. The predicted octanol–water partition coefficient (Wildman–Crippen LogP) is 2.32. The fourth-order valence-corrected chi connectivity index (χ4v) is 6.58. The van der Waals surface area contributed by atoms with Crippen molar-refractivity contribution < 1.29 is 14.7 Å². The molecule has 1 aliphatic heterocycles. The third-order valence-corrected chi connectivity index (χ3v) is 8.31. The molecule has 7 heteroatoms. The summed E-state index contributed by atoms with van der Waals surface area (Å²) in [5.41, 5.74) is 1.13. The molecular formula is C22H29N3O3S. The molecule has 0 radical (unpaired) electrons. The summed E-state index contributed by atoms with van der Waals surface area (Å²) in [6, 6.07) is -0.202. The molecule has 29 heavy (non-hydrogen) atoms. The van der Waals surface area contributed by atoms with E-state index in [2.05, 4.69) is 22.5 Å². The number of fused-ring (bicyclic) bond motifs is 2. The van der Waals surface area contributed by atoms with Crippen molar-refractivity contribution in [3.63, 3.8) is 0 Å². The Morgan fingerprint density at radius 3 is 2.59 bits per heavy atom. The number of amides is 2. The second-order valence-electron chi connectivity index (χ2n) is 9.12. The van der Waals surface area contributed by atoms with Crippen molar-refractivity contribution in [3.05, 3.63) is 27.7 Å². The number of carbonyl (C=O) groups excluding carboxylic acids is 2. The van der Waals surface area contributed by atoms with Gasteiger partial charge in [0.2, 0.25) is 5.91 Å². The number of hydrogen-bond acceptors (Lipinski definition) is 5. The smallest absolute Gasteiger partial charge is 0.282 e. The van der Waals surface area contributed by atoms with E-state index >= 15 is 0 Å². The van der Waals surface area contributed by atoms with Gasteiger partial charge in [-0.2, -0.15) is 0 Å². The lowest BCUT2D eigenvalue weighted by atomic mass is 9.77. The van der Waals surface area contributed by atoms with Crippen LogP contribution in [-0.4, -0.2) is 52.0 Å². The van der Waals surface area contributed by atoms with Gasteiger partial charge in [0.15, 0.2) is 5.01 Å². The topological polar surface area (TPSA) is 82.5 Å². The maximum absolute atomic E-state index is 13.1. The molecule has 1 aromatic heterocycles. The molecule has 5 rings (SSSR count). The first-order valence-corrected chi connectivity index (χ1v) is 11.8. The van der Waals surface area contributed by atoms with Crippen LogP contribution in [0.25, 0.3) is 0 Å². The van der Waals surface area contributed by atoms with Crippen LogP contribution >= 0.6 is 11.3 Å². The number of carbonyl (C=O) groups is 2. The van der Waals surface area contributed by atoms with Gasteiger partial charge in [0.25, 0.3) is 5.91 Å². The van der Waals surface area contributed by atoms with E-state index in [4.69, 9.17) is 0 Å². The van der Waals surface area contributed by atoms with Gasteiger partial charge < -0.3 is 15.3 Å². The molecule has 2 amide bonds. The van der Waals surface area contributed by atoms with E-state index in [9.17, 15) is 14.7 Å². The van der Waals surface area contributed by atoms with Gasteiger partial charge >= 0.3 is 0 Å². The summed E-state index contributed by atoms with van der Waals surface area (Å²) in [4.78, 5) is 33.4. The first-order chi connectivity index (χ1) is 14.1. The average molecular weight is 416 g/mol. The normalized spacial score (nSPS) is 31.6. The number of likely N-dealkylation sites (tertiary alicyclic amines) is 1. The van der Waals surface area contributed by atoms with E-state index in [1.54, 1.807) is 11.3 Å². The molecule has 1 saturated heterocycles.